The van der Waals surface area contributed by atoms with E-state index in [1.165, 1.54) is 0 Å². The number of carboxylic acid groups (broad SMARTS) is 1. The van der Waals surface area contributed by atoms with E-state index in [-0.39, 0.29) is 17.8 Å². The first-order valence-corrected chi connectivity index (χ1v) is 8.21. The second-order valence-corrected chi connectivity index (χ2v) is 5.84. The molecule has 0 fully saturated rings. The molecule has 0 aromatic heterocycles. The molecule has 0 bridgehead atoms. The number of ether oxygens (including phenoxy) is 2. The van der Waals surface area contributed by atoms with Gasteiger partial charge in [0.2, 0.25) is 0 Å². The average Bonchev–Trinajstić information content (AvgIpc) is 2.55. The zero-order chi connectivity index (χ0) is 17.5. The number of rotatable bonds is 8. The maximum atomic E-state index is 10.9. The number of hydrogen-bond acceptors (Lipinski definition) is 3. The zero-order valence-electron chi connectivity index (χ0n) is 14.4. The minimum absolute atomic E-state index is 0.0762. The lowest BCUT2D eigenvalue weighted by Crippen LogP contribution is -2.20. The lowest BCUT2D eigenvalue weighted by molar-refractivity contribution is 0.0424. The molecule has 0 aliphatic carbocycles. The van der Waals surface area contributed by atoms with Gasteiger partial charge >= 0.3 is 5.97 Å². The van der Waals surface area contributed by atoms with Gasteiger partial charge in [0.15, 0.2) is 0 Å². The first-order valence-electron chi connectivity index (χ1n) is 8.21. The summed E-state index contributed by atoms with van der Waals surface area (Å²) in [6.07, 6.45) is 1.09. The Hall–Kier alpha value is -2.33. The van der Waals surface area contributed by atoms with Gasteiger partial charge in [0, 0.05) is 13.0 Å². The van der Waals surface area contributed by atoms with Crippen molar-refractivity contribution in [2.75, 3.05) is 6.61 Å². The second kappa shape index (κ2) is 8.50. The third kappa shape index (κ3) is 5.10. The first kappa shape index (κ1) is 18.0. The van der Waals surface area contributed by atoms with E-state index in [0.29, 0.717) is 6.61 Å². The molecule has 0 saturated carbocycles. The molecule has 2 aromatic rings. The van der Waals surface area contributed by atoms with Gasteiger partial charge in [-0.3, -0.25) is 0 Å². The Morgan fingerprint density at radius 2 is 1.50 bits per heavy atom. The van der Waals surface area contributed by atoms with Crippen molar-refractivity contribution in [1.29, 1.82) is 0 Å². The van der Waals surface area contributed by atoms with E-state index in [1.54, 1.807) is 12.1 Å². The van der Waals surface area contributed by atoms with Crippen LogP contribution in [0, 0.1) is 0 Å². The van der Waals surface area contributed by atoms with Crippen molar-refractivity contribution in [2.45, 2.75) is 39.4 Å². The minimum atomic E-state index is -0.916. The quantitative estimate of drug-likeness (QED) is 0.767. The highest BCUT2D eigenvalue weighted by Crippen LogP contribution is 2.24. The van der Waals surface area contributed by atoms with Gasteiger partial charge in [0.1, 0.15) is 5.75 Å². The number of hydrogen-bond donors (Lipinski definition) is 1. The monoisotopic (exact) mass is 328 g/mol. The molecule has 4 nitrogen and oxygen atoms in total. The van der Waals surface area contributed by atoms with E-state index in [1.807, 2.05) is 57.2 Å². The fourth-order valence-electron chi connectivity index (χ4n) is 2.63. The molecular formula is C20H24O4. The van der Waals surface area contributed by atoms with Gasteiger partial charge in [0.25, 0.3) is 0 Å². The van der Waals surface area contributed by atoms with E-state index < -0.39 is 5.97 Å². The Labute approximate surface area is 143 Å². The summed E-state index contributed by atoms with van der Waals surface area (Å²) in [6.45, 7) is 6.79. The van der Waals surface area contributed by atoms with Gasteiger partial charge in [-0.1, -0.05) is 24.3 Å². The molecule has 0 unspecified atom stereocenters. The van der Waals surface area contributed by atoms with E-state index >= 15 is 0 Å². The van der Waals surface area contributed by atoms with Crippen molar-refractivity contribution in [3.63, 3.8) is 0 Å². The molecule has 0 heterocycles. The Morgan fingerprint density at radius 1 is 0.958 bits per heavy atom. The van der Waals surface area contributed by atoms with E-state index in [4.69, 9.17) is 14.6 Å². The van der Waals surface area contributed by atoms with E-state index in [9.17, 15) is 4.79 Å². The van der Waals surface area contributed by atoms with E-state index in [0.717, 1.165) is 23.3 Å². The molecule has 0 aliphatic rings. The van der Waals surface area contributed by atoms with Gasteiger partial charge in [-0.25, -0.2) is 4.79 Å². The lowest BCUT2D eigenvalue weighted by Gasteiger charge is -2.19. The highest BCUT2D eigenvalue weighted by molar-refractivity contribution is 5.88. The summed E-state index contributed by atoms with van der Waals surface area (Å²) in [5, 5.41) is 8.94. The molecule has 2 aromatic carbocycles. The minimum Gasteiger partial charge on any atom is -0.491 e. The maximum absolute atomic E-state index is 10.9. The summed E-state index contributed by atoms with van der Waals surface area (Å²) in [6, 6.07) is 14.7. The SMILES string of the molecule is CCO[C@H](C)C[C@H](C)Oc1ccc(-c2ccc(C(=O)O)cc2)cc1. The number of carboxylic acids is 1. The van der Waals surface area contributed by atoms with Crippen LogP contribution in [0.25, 0.3) is 11.1 Å². The number of benzene rings is 2. The first-order chi connectivity index (χ1) is 11.5. The molecule has 0 aliphatic heterocycles. The van der Waals surface area contributed by atoms with Crippen LogP contribution in [-0.4, -0.2) is 29.9 Å². The highest BCUT2D eigenvalue weighted by atomic mass is 16.5. The predicted molar refractivity (Wildman–Crippen MR) is 94.6 cm³/mol. The smallest absolute Gasteiger partial charge is 0.335 e. The summed E-state index contributed by atoms with van der Waals surface area (Å²) in [5.74, 6) is -0.0994. The molecule has 2 rings (SSSR count). The normalized spacial score (nSPS) is 13.3. The number of carbonyl (C=O) groups is 1. The van der Waals surface area contributed by atoms with Gasteiger partial charge < -0.3 is 14.6 Å². The van der Waals surface area contributed by atoms with Crippen molar-refractivity contribution in [2.24, 2.45) is 0 Å². The van der Waals surface area contributed by atoms with Gasteiger partial charge in [-0.05, 0) is 56.2 Å². The van der Waals surface area contributed by atoms with Gasteiger partial charge in [-0.15, -0.1) is 0 Å². The van der Waals surface area contributed by atoms with Crippen molar-refractivity contribution in [1.82, 2.24) is 0 Å². The molecule has 0 amide bonds. The molecular weight excluding hydrogens is 304 g/mol. The summed E-state index contributed by atoms with van der Waals surface area (Å²) < 4.78 is 11.4. The van der Waals surface area contributed by atoms with Crippen LogP contribution in [0.4, 0.5) is 0 Å². The Balaban J connectivity index is 1.98. The lowest BCUT2D eigenvalue weighted by atomic mass is 10.0. The summed E-state index contributed by atoms with van der Waals surface area (Å²) in [7, 11) is 0. The third-order valence-corrected chi connectivity index (χ3v) is 3.77. The maximum Gasteiger partial charge on any atom is 0.335 e. The highest BCUT2D eigenvalue weighted by Gasteiger charge is 2.10. The molecule has 24 heavy (non-hydrogen) atoms. The van der Waals surface area contributed by atoms with Crippen LogP contribution in [0.5, 0.6) is 5.75 Å². The van der Waals surface area contributed by atoms with Gasteiger partial charge in [0.05, 0.1) is 17.8 Å². The molecule has 0 spiro atoms. The standard InChI is InChI=1S/C20H24O4/c1-4-23-14(2)13-15(3)24-19-11-9-17(10-12-19)16-5-7-18(8-6-16)20(21)22/h5-12,14-15H,4,13H2,1-3H3,(H,21,22)/t14-,15+/m1/s1. The molecule has 2 atom stereocenters. The van der Waals surface area contributed by atoms with Crippen LogP contribution >= 0.6 is 0 Å². The van der Waals surface area contributed by atoms with Crippen LogP contribution in [0.15, 0.2) is 48.5 Å². The largest absolute Gasteiger partial charge is 0.491 e. The summed E-state index contributed by atoms with van der Waals surface area (Å²) in [4.78, 5) is 10.9. The third-order valence-electron chi connectivity index (χ3n) is 3.77. The fraction of sp³-hybridized carbons (Fsp3) is 0.350. The molecule has 0 radical (unpaired) electrons. The molecule has 1 N–H and O–H groups in total. The molecule has 0 saturated heterocycles. The topological polar surface area (TPSA) is 55.8 Å². The van der Waals surface area contributed by atoms with Crippen LogP contribution < -0.4 is 4.74 Å². The van der Waals surface area contributed by atoms with Gasteiger partial charge in [-0.2, -0.15) is 0 Å². The Morgan fingerprint density at radius 3 is 2.00 bits per heavy atom. The van der Waals surface area contributed by atoms with Crippen molar-refractivity contribution < 1.29 is 19.4 Å². The molecule has 128 valence electrons. The van der Waals surface area contributed by atoms with Crippen molar-refractivity contribution in [3.05, 3.63) is 54.1 Å². The van der Waals surface area contributed by atoms with Crippen LogP contribution in [0.2, 0.25) is 0 Å². The van der Waals surface area contributed by atoms with E-state index in [2.05, 4.69) is 0 Å². The Kier molecular flexibility index (Phi) is 6.38. The fourth-order valence-corrected chi connectivity index (χ4v) is 2.63. The summed E-state index contributed by atoms with van der Waals surface area (Å²) >= 11 is 0. The van der Waals surface area contributed by atoms with Crippen molar-refractivity contribution in [3.8, 4) is 16.9 Å². The van der Waals surface area contributed by atoms with Crippen LogP contribution in [-0.2, 0) is 4.74 Å². The molecule has 4 heteroatoms. The number of aromatic carboxylic acids is 1. The summed E-state index contributed by atoms with van der Waals surface area (Å²) in [5.41, 5.74) is 2.29. The van der Waals surface area contributed by atoms with Crippen LogP contribution in [0.3, 0.4) is 0 Å². The predicted octanol–water partition coefficient (Wildman–Crippen LogP) is 4.63. The second-order valence-electron chi connectivity index (χ2n) is 5.84. The average molecular weight is 328 g/mol. The Bertz CT molecular complexity index is 646. The van der Waals surface area contributed by atoms with Crippen LogP contribution in [0.1, 0.15) is 37.6 Å². The van der Waals surface area contributed by atoms with Crippen molar-refractivity contribution >= 4 is 5.97 Å². The zero-order valence-corrected chi connectivity index (χ0v) is 14.4.